The van der Waals surface area contributed by atoms with E-state index >= 15 is 0 Å². The molecule has 0 aliphatic heterocycles. The molecule has 2 aromatic carbocycles. The number of nitrogens with two attached hydrogens (primary N) is 2. The van der Waals surface area contributed by atoms with Gasteiger partial charge in [0.2, 0.25) is 17.7 Å². The predicted octanol–water partition coefficient (Wildman–Crippen LogP) is 2.23. The predicted molar refractivity (Wildman–Crippen MR) is 186 cm³/mol. The first-order valence-electron chi connectivity index (χ1n) is 16.1. The molecule has 6 amide bonds. The van der Waals surface area contributed by atoms with E-state index in [0.29, 0.717) is 42.1 Å². The lowest BCUT2D eigenvalue weighted by Crippen LogP contribution is -2.54. The standard InChI is InChI=1S/C34H45N7O9/c1-20(2)30(41-28(42)12-15-48-16-13-35)32(45)40-26(5-4-14-37-33(36)46)31(44)38-23-8-6-22(7-9-23)19-49-34(47)39-24-10-11-25-21(3)17-29(43)50-27(25)18-24/h6-11,17-18,20,26,30H,4-5,12-16,19,35H2,1-3H3,(H,38,44)(H,39,47)(H,40,45)(H,41,42)(H3,36,37,46). The molecule has 0 aliphatic rings. The maximum atomic E-state index is 13.3. The third kappa shape index (κ3) is 12.9. The second kappa shape index (κ2) is 19.5. The van der Waals surface area contributed by atoms with Gasteiger partial charge in [-0.1, -0.05) is 26.0 Å². The van der Waals surface area contributed by atoms with Crippen molar-refractivity contribution < 1.29 is 37.9 Å². The molecular weight excluding hydrogens is 650 g/mol. The third-order valence-corrected chi connectivity index (χ3v) is 7.39. The Hall–Kier alpha value is -5.48. The van der Waals surface area contributed by atoms with E-state index in [0.717, 1.165) is 10.9 Å². The first-order valence-corrected chi connectivity index (χ1v) is 16.1. The molecule has 0 aliphatic carbocycles. The Morgan fingerprint density at radius 1 is 0.900 bits per heavy atom. The van der Waals surface area contributed by atoms with Crippen molar-refractivity contribution in [3.63, 3.8) is 0 Å². The average molecular weight is 696 g/mol. The quantitative estimate of drug-likeness (QED) is 0.0755. The number of nitrogens with one attached hydrogen (secondary N) is 5. The van der Waals surface area contributed by atoms with Gasteiger partial charge in [-0.3, -0.25) is 19.7 Å². The number of benzene rings is 2. The van der Waals surface area contributed by atoms with Crippen LogP contribution in [-0.4, -0.2) is 68.2 Å². The molecule has 1 aromatic heterocycles. The molecule has 270 valence electrons. The third-order valence-electron chi connectivity index (χ3n) is 7.39. The minimum Gasteiger partial charge on any atom is -0.444 e. The van der Waals surface area contributed by atoms with E-state index in [1.54, 1.807) is 57.2 Å². The molecule has 16 nitrogen and oxygen atoms in total. The van der Waals surface area contributed by atoms with Crippen LogP contribution in [0.25, 0.3) is 11.0 Å². The van der Waals surface area contributed by atoms with Gasteiger partial charge in [0, 0.05) is 48.4 Å². The summed E-state index contributed by atoms with van der Waals surface area (Å²) in [4.78, 5) is 74.2. The molecule has 3 rings (SSSR count). The number of urea groups is 1. The highest BCUT2D eigenvalue weighted by Crippen LogP contribution is 2.21. The molecule has 9 N–H and O–H groups in total. The van der Waals surface area contributed by atoms with E-state index in [4.69, 9.17) is 25.4 Å². The van der Waals surface area contributed by atoms with E-state index in [2.05, 4.69) is 26.6 Å². The summed E-state index contributed by atoms with van der Waals surface area (Å²) in [6, 6.07) is 10.2. The number of hydrogen-bond donors (Lipinski definition) is 7. The van der Waals surface area contributed by atoms with Crippen LogP contribution in [0, 0.1) is 12.8 Å². The number of rotatable bonds is 18. The summed E-state index contributed by atoms with van der Waals surface area (Å²) in [5, 5.41) is 14.0. The van der Waals surface area contributed by atoms with Crippen LogP contribution in [-0.2, 0) is 30.5 Å². The zero-order chi connectivity index (χ0) is 36.6. The second-order valence-electron chi connectivity index (χ2n) is 11.8. The van der Waals surface area contributed by atoms with Crippen LogP contribution in [0.3, 0.4) is 0 Å². The molecule has 0 saturated heterocycles. The van der Waals surface area contributed by atoms with Crippen molar-refractivity contribution in [2.75, 3.05) is 36.9 Å². The maximum Gasteiger partial charge on any atom is 0.411 e. The van der Waals surface area contributed by atoms with E-state index in [1.165, 1.54) is 12.1 Å². The van der Waals surface area contributed by atoms with Crippen LogP contribution in [0.15, 0.2) is 57.7 Å². The Labute approximate surface area is 289 Å². The number of fused-ring (bicyclic) bond motifs is 1. The van der Waals surface area contributed by atoms with Gasteiger partial charge in [-0.25, -0.2) is 14.4 Å². The molecule has 2 unspecified atom stereocenters. The van der Waals surface area contributed by atoms with E-state index in [-0.39, 0.29) is 44.4 Å². The Bertz CT molecular complexity index is 1690. The lowest BCUT2D eigenvalue weighted by molar-refractivity contribution is -0.132. The summed E-state index contributed by atoms with van der Waals surface area (Å²) in [6.07, 6.45) is -0.204. The highest BCUT2D eigenvalue weighted by Gasteiger charge is 2.28. The number of carbonyl (C=O) groups excluding carboxylic acids is 5. The van der Waals surface area contributed by atoms with Gasteiger partial charge in [0.1, 0.15) is 24.3 Å². The van der Waals surface area contributed by atoms with Gasteiger partial charge >= 0.3 is 17.7 Å². The van der Waals surface area contributed by atoms with Crippen molar-refractivity contribution >= 4 is 52.2 Å². The van der Waals surface area contributed by atoms with Gasteiger partial charge in [-0.15, -0.1) is 0 Å². The first kappa shape index (κ1) is 39.0. The lowest BCUT2D eigenvalue weighted by atomic mass is 10.0. The number of amides is 6. The minimum atomic E-state index is -1.01. The molecule has 3 aromatic rings. The van der Waals surface area contributed by atoms with E-state index in [9.17, 15) is 28.8 Å². The Morgan fingerprint density at radius 2 is 1.62 bits per heavy atom. The highest BCUT2D eigenvalue weighted by atomic mass is 16.5. The number of aryl methyl sites for hydroxylation is 1. The maximum absolute atomic E-state index is 13.3. The SMILES string of the molecule is Cc1cc(=O)oc2cc(NC(=O)OCc3ccc(NC(=O)C(CCCNC(N)=O)NC(=O)C(NC(=O)CCOCCN)C(C)C)cc3)ccc12. The summed E-state index contributed by atoms with van der Waals surface area (Å²) in [5.74, 6) is -1.75. The van der Waals surface area contributed by atoms with Gasteiger partial charge in [-0.05, 0) is 61.1 Å². The minimum absolute atomic E-state index is 0.0376. The zero-order valence-corrected chi connectivity index (χ0v) is 28.3. The molecular formula is C34H45N7O9. The highest BCUT2D eigenvalue weighted by molar-refractivity contribution is 5.98. The Morgan fingerprint density at radius 3 is 2.30 bits per heavy atom. The van der Waals surface area contributed by atoms with Crippen LogP contribution in [0.4, 0.5) is 21.0 Å². The van der Waals surface area contributed by atoms with Crippen LogP contribution in [0.5, 0.6) is 0 Å². The van der Waals surface area contributed by atoms with Gasteiger partial charge in [0.15, 0.2) is 0 Å². The van der Waals surface area contributed by atoms with Crippen LogP contribution < -0.4 is 43.7 Å². The first-order chi connectivity index (χ1) is 23.9. The normalized spacial score (nSPS) is 12.1. The van der Waals surface area contributed by atoms with Crippen molar-refractivity contribution in [1.82, 2.24) is 16.0 Å². The largest absolute Gasteiger partial charge is 0.444 e. The number of hydrogen-bond acceptors (Lipinski definition) is 10. The fourth-order valence-corrected chi connectivity index (χ4v) is 4.80. The summed E-state index contributed by atoms with van der Waals surface area (Å²) in [6.45, 7) is 6.21. The number of ether oxygens (including phenoxy) is 2. The smallest absolute Gasteiger partial charge is 0.411 e. The molecule has 0 radical (unpaired) electrons. The fraction of sp³-hybridized carbons (Fsp3) is 0.412. The van der Waals surface area contributed by atoms with Crippen molar-refractivity contribution in [2.24, 2.45) is 17.4 Å². The molecule has 0 bridgehead atoms. The zero-order valence-electron chi connectivity index (χ0n) is 28.3. The molecule has 0 spiro atoms. The van der Waals surface area contributed by atoms with Crippen LogP contribution >= 0.6 is 0 Å². The number of carbonyl (C=O) groups is 5. The van der Waals surface area contributed by atoms with Gasteiger partial charge < -0.3 is 46.6 Å². The summed E-state index contributed by atoms with van der Waals surface area (Å²) in [7, 11) is 0. The van der Waals surface area contributed by atoms with E-state index in [1.807, 2.05) is 0 Å². The topological polar surface area (TPSA) is 246 Å². The Kier molecular flexibility index (Phi) is 15.2. The van der Waals surface area contributed by atoms with Crippen molar-refractivity contribution in [3.8, 4) is 0 Å². The van der Waals surface area contributed by atoms with Crippen LogP contribution in [0.2, 0.25) is 0 Å². The molecule has 16 heteroatoms. The van der Waals surface area contributed by atoms with Gasteiger partial charge in [0.25, 0.3) is 0 Å². The van der Waals surface area contributed by atoms with Crippen molar-refractivity contribution in [2.45, 2.75) is 58.7 Å². The van der Waals surface area contributed by atoms with Gasteiger partial charge in [-0.2, -0.15) is 0 Å². The van der Waals surface area contributed by atoms with Crippen molar-refractivity contribution in [3.05, 3.63) is 70.1 Å². The summed E-state index contributed by atoms with van der Waals surface area (Å²) < 4.78 is 15.8. The number of primary amides is 1. The summed E-state index contributed by atoms with van der Waals surface area (Å²) >= 11 is 0. The Balaban J connectivity index is 1.58. The fourth-order valence-electron chi connectivity index (χ4n) is 4.80. The monoisotopic (exact) mass is 695 g/mol. The van der Waals surface area contributed by atoms with Crippen molar-refractivity contribution in [1.29, 1.82) is 0 Å². The lowest BCUT2D eigenvalue weighted by Gasteiger charge is -2.25. The molecule has 0 saturated carbocycles. The molecule has 2 atom stereocenters. The van der Waals surface area contributed by atoms with Crippen LogP contribution in [0.1, 0.15) is 44.2 Å². The molecule has 1 heterocycles. The molecule has 0 fully saturated rings. The summed E-state index contributed by atoms with van der Waals surface area (Å²) in [5.41, 5.74) is 12.5. The number of anilines is 2. The molecule has 50 heavy (non-hydrogen) atoms. The second-order valence-corrected chi connectivity index (χ2v) is 11.8. The van der Waals surface area contributed by atoms with Gasteiger partial charge in [0.05, 0.1) is 13.2 Å². The average Bonchev–Trinajstić information content (AvgIpc) is 3.06. The van der Waals surface area contributed by atoms with E-state index < -0.39 is 41.6 Å².